The molecular weight excluding hydrogens is 533 g/mol. The molecule has 1 aromatic heterocycles. The van der Waals surface area contributed by atoms with Crippen LogP contribution < -0.4 is 16.0 Å². The van der Waals surface area contributed by atoms with Gasteiger partial charge in [0, 0.05) is 13.0 Å². The van der Waals surface area contributed by atoms with Crippen molar-refractivity contribution in [1.29, 1.82) is 0 Å². The van der Waals surface area contributed by atoms with Gasteiger partial charge in [-0.15, -0.1) is 0 Å². The van der Waals surface area contributed by atoms with Crippen molar-refractivity contribution in [3.05, 3.63) is 53.2 Å². The summed E-state index contributed by atoms with van der Waals surface area (Å²) in [5, 5.41) is 15.0. The van der Waals surface area contributed by atoms with Gasteiger partial charge in [-0.2, -0.15) is 9.97 Å². The van der Waals surface area contributed by atoms with Crippen LogP contribution in [0.15, 0.2) is 42.5 Å². The minimum Gasteiger partial charge on any atom is -0.385 e. The third-order valence-corrected chi connectivity index (χ3v) is 6.18. The summed E-state index contributed by atoms with van der Waals surface area (Å²) < 4.78 is 11.5. The van der Waals surface area contributed by atoms with Crippen LogP contribution in [0.2, 0.25) is 5.15 Å². The van der Waals surface area contributed by atoms with Gasteiger partial charge in [-0.3, -0.25) is 0 Å². The predicted octanol–water partition coefficient (Wildman–Crippen LogP) is 3.94. The van der Waals surface area contributed by atoms with Crippen molar-refractivity contribution in [2.24, 2.45) is 0 Å². The van der Waals surface area contributed by atoms with Crippen molar-refractivity contribution in [1.82, 2.24) is 9.97 Å². The fourth-order valence-corrected chi connectivity index (χ4v) is 4.90. The number of aromatic nitrogens is 2. The number of aliphatic hydroxyl groups is 1. The summed E-state index contributed by atoms with van der Waals surface area (Å²) in [5.74, 6) is 0.590. The average molecular weight is 560 g/mol. The van der Waals surface area contributed by atoms with Gasteiger partial charge in [-0.25, -0.2) is 0 Å². The van der Waals surface area contributed by atoms with Gasteiger partial charge in [0.05, 0.1) is 19.3 Å². The molecule has 3 atom stereocenters. The molecule has 4 N–H and O–H groups in total. The van der Waals surface area contributed by atoms with E-state index in [0.717, 1.165) is 11.1 Å². The van der Waals surface area contributed by atoms with Crippen LogP contribution in [0, 0.1) is 0 Å². The smallest absolute Gasteiger partial charge is 0.223 e. The summed E-state index contributed by atoms with van der Waals surface area (Å²) in [6.07, 6.45) is -0.0304. The van der Waals surface area contributed by atoms with Gasteiger partial charge in [0.15, 0.2) is 11.0 Å². The number of nitrogens with two attached hydrogens (primary N) is 1. The third-order valence-electron chi connectivity index (χ3n) is 5.29. The Bertz CT molecular complexity index is 915. The van der Waals surface area contributed by atoms with Crippen LogP contribution in [-0.4, -0.2) is 46.1 Å². The molecule has 31 heavy (non-hydrogen) atoms. The number of fused-ring (bicyclic) bond motifs is 1. The monoisotopic (exact) mass is 559 g/mol. The van der Waals surface area contributed by atoms with Crippen LogP contribution in [0.4, 0.5) is 17.5 Å². The molecule has 3 unspecified atom stereocenters. The molecule has 2 heterocycles. The van der Waals surface area contributed by atoms with E-state index in [1.54, 1.807) is 6.92 Å². The van der Waals surface area contributed by atoms with Gasteiger partial charge in [0.25, 0.3) is 0 Å². The topological polar surface area (TPSA) is 106 Å². The molecule has 0 saturated carbocycles. The van der Waals surface area contributed by atoms with E-state index in [2.05, 4.69) is 21.9 Å². The standard InChI is InChI=1S/C21H27ClIN5O3/c1-13(2)17(28-12-25-16-18(22)26-20(24)27-19(16)28)21(3,29)15(31-23)9-10-30-11-14-7-5-4-6-8-14/h4-8,15,17,25,29H,1,9-12H2,2-3H3,(H2,24,26,27). The molecule has 0 saturated heterocycles. The molecule has 0 radical (unpaired) electrons. The first-order valence-corrected chi connectivity index (χ1v) is 11.1. The van der Waals surface area contributed by atoms with Crippen molar-refractivity contribution in [2.45, 2.75) is 44.6 Å². The highest BCUT2D eigenvalue weighted by Crippen LogP contribution is 2.40. The number of nitrogens with zero attached hydrogens (tertiary/aromatic N) is 3. The fourth-order valence-electron chi connectivity index (χ4n) is 3.89. The van der Waals surface area contributed by atoms with Crippen LogP contribution in [0.1, 0.15) is 25.8 Å². The maximum absolute atomic E-state index is 11.6. The number of hydrogen-bond donors (Lipinski definition) is 3. The Hall–Kier alpha value is -1.66. The van der Waals surface area contributed by atoms with Gasteiger partial charge >= 0.3 is 0 Å². The minimum absolute atomic E-state index is 0.0635. The van der Waals surface area contributed by atoms with E-state index >= 15 is 0 Å². The van der Waals surface area contributed by atoms with Crippen molar-refractivity contribution in [3.8, 4) is 0 Å². The second-order valence-corrected chi connectivity index (χ2v) is 8.62. The van der Waals surface area contributed by atoms with Crippen LogP contribution in [0.5, 0.6) is 0 Å². The SMILES string of the molecule is C=C(C)C(N1CNc2c(Cl)nc(N)nc21)C(C)(O)C(CCOCc1ccccc1)OI. The normalized spacial score (nSPS) is 16.9. The molecule has 1 aliphatic heterocycles. The largest absolute Gasteiger partial charge is 0.385 e. The lowest BCUT2D eigenvalue weighted by Crippen LogP contribution is -2.58. The molecule has 0 aliphatic carbocycles. The molecular formula is C21H27ClIN5O3. The number of nitrogen functional groups attached to an aromatic ring is 1. The Morgan fingerprint density at radius 3 is 2.77 bits per heavy atom. The molecule has 0 spiro atoms. The van der Waals surface area contributed by atoms with Crippen molar-refractivity contribution < 1.29 is 12.9 Å². The highest BCUT2D eigenvalue weighted by atomic mass is 127. The van der Waals surface area contributed by atoms with Crippen molar-refractivity contribution >= 4 is 52.1 Å². The van der Waals surface area contributed by atoms with Crippen LogP contribution >= 0.6 is 34.6 Å². The van der Waals surface area contributed by atoms with E-state index in [1.165, 1.54) is 0 Å². The van der Waals surface area contributed by atoms with Crippen LogP contribution in [0.3, 0.4) is 0 Å². The Labute approximate surface area is 201 Å². The van der Waals surface area contributed by atoms with Crippen LogP contribution in [0.25, 0.3) is 0 Å². The van der Waals surface area contributed by atoms with Gasteiger partial charge in [0.2, 0.25) is 5.95 Å². The fraction of sp³-hybridized carbons (Fsp3) is 0.429. The van der Waals surface area contributed by atoms with Crippen molar-refractivity contribution in [3.63, 3.8) is 0 Å². The summed E-state index contributed by atoms with van der Waals surface area (Å²) in [4.78, 5) is 10.2. The maximum Gasteiger partial charge on any atom is 0.223 e. The number of rotatable bonds is 10. The Kier molecular flexibility index (Phi) is 7.98. The van der Waals surface area contributed by atoms with E-state index in [1.807, 2.05) is 65.2 Å². The predicted molar refractivity (Wildman–Crippen MR) is 131 cm³/mol. The molecule has 3 rings (SSSR count). The van der Waals surface area contributed by atoms with Gasteiger partial charge < -0.3 is 28.9 Å². The van der Waals surface area contributed by atoms with Gasteiger partial charge in [0.1, 0.15) is 40.4 Å². The van der Waals surface area contributed by atoms with E-state index in [9.17, 15) is 5.11 Å². The Morgan fingerprint density at radius 1 is 1.42 bits per heavy atom. The zero-order chi connectivity index (χ0) is 22.6. The summed E-state index contributed by atoms with van der Waals surface area (Å²) in [6, 6.07) is 9.42. The molecule has 1 aromatic carbocycles. The van der Waals surface area contributed by atoms with Crippen LogP contribution in [-0.2, 0) is 14.4 Å². The second-order valence-electron chi connectivity index (χ2n) is 7.76. The zero-order valence-corrected chi connectivity index (χ0v) is 20.4. The molecule has 0 amide bonds. The zero-order valence-electron chi connectivity index (χ0n) is 17.5. The van der Waals surface area contributed by atoms with E-state index in [4.69, 9.17) is 25.1 Å². The Balaban J connectivity index is 1.74. The summed E-state index contributed by atoms with van der Waals surface area (Å²) in [6.45, 7) is 9.01. The number of halogens is 2. The Morgan fingerprint density at radius 2 is 2.13 bits per heavy atom. The summed E-state index contributed by atoms with van der Waals surface area (Å²) >= 11 is 8.04. The van der Waals surface area contributed by atoms with Crippen molar-refractivity contribution in [2.75, 3.05) is 29.2 Å². The average Bonchev–Trinajstić information content (AvgIpc) is 3.11. The number of anilines is 3. The van der Waals surface area contributed by atoms with E-state index in [0.29, 0.717) is 37.8 Å². The molecule has 8 nitrogen and oxygen atoms in total. The quantitative estimate of drug-likeness (QED) is 0.174. The number of hydrogen-bond acceptors (Lipinski definition) is 8. The molecule has 0 bridgehead atoms. The molecule has 2 aromatic rings. The van der Waals surface area contributed by atoms with E-state index in [-0.39, 0.29) is 11.1 Å². The number of benzene rings is 1. The van der Waals surface area contributed by atoms with Gasteiger partial charge in [-0.1, -0.05) is 54.1 Å². The first-order valence-electron chi connectivity index (χ1n) is 9.86. The lowest BCUT2D eigenvalue weighted by molar-refractivity contribution is -0.0563. The van der Waals surface area contributed by atoms with Gasteiger partial charge in [-0.05, 0) is 19.4 Å². The lowest BCUT2D eigenvalue weighted by Gasteiger charge is -2.43. The number of ether oxygens (including phenoxy) is 1. The molecule has 1 aliphatic rings. The molecule has 0 fully saturated rings. The highest BCUT2D eigenvalue weighted by molar-refractivity contribution is 14.1. The molecule has 10 heteroatoms. The summed E-state index contributed by atoms with van der Waals surface area (Å²) in [5.41, 5.74) is 6.92. The first-order chi connectivity index (χ1) is 14.8. The highest BCUT2D eigenvalue weighted by Gasteiger charge is 2.46. The molecule has 168 valence electrons. The minimum atomic E-state index is -1.31. The first kappa shape index (κ1) is 24.0. The second kappa shape index (κ2) is 10.3. The summed E-state index contributed by atoms with van der Waals surface area (Å²) in [7, 11) is 0. The lowest BCUT2D eigenvalue weighted by atomic mass is 9.84. The number of nitrogens with one attached hydrogen (secondary N) is 1. The maximum atomic E-state index is 11.6. The van der Waals surface area contributed by atoms with E-state index < -0.39 is 17.7 Å². The third kappa shape index (κ3) is 5.40.